The van der Waals surface area contributed by atoms with Crippen molar-refractivity contribution in [2.45, 2.75) is 38.5 Å². The first kappa shape index (κ1) is 23.0. The fourth-order valence-corrected chi connectivity index (χ4v) is 4.41. The molecule has 0 saturated carbocycles. The smallest absolute Gasteiger partial charge is 0.410 e. The van der Waals surface area contributed by atoms with E-state index in [1.54, 1.807) is 41.5 Å². The van der Waals surface area contributed by atoms with Gasteiger partial charge in [-0.25, -0.2) is 14.2 Å². The molecule has 3 heterocycles. The second kappa shape index (κ2) is 8.62. The van der Waals surface area contributed by atoms with E-state index in [1.807, 2.05) is 25.3 Å². The second-order valence-corrected chi connectivity index (χ2v) is 9.56. The van der Waals surface area contributed by atoms with Gasteiger partial charge in [0.05, 0.1) is 24.3 Å². The molecular weight excluding hydrogens is 425 g/mol. The quantitative estimate of drug-likeness (QED) is 0.712. The van der Waals surface area contributed by atoms with Crippen molar-refractivity contribution >= 4 is 17.7 Å². The Hall–Kier alpha value is -3.20. The summed E-state index contributed by atoms with van der Waals surface area (Å²) in [5.74, 6) is -0.335. The standard InChI is InChI=1S/C24H30FN5O3/c1-16(17-6-8-18(25)9-7-17)30-15-26-12-19(30)20-13-27(5)22(31)21-14-28(10-11-29(20)21)23(32)33-24(2,3)4/h6-9,12,15,20-21H,1,10-11,13-14H2,2-5H3. The molecule has 4 rings (SSSR count). The lowest BCUT2D eigenvalue weighted by atomic mass is 10.00. The SMILES string of the molecule is C=C(c1ccc(F)cc1)n1cncc1C1CN(C)C(=O)C2CN(C(=O)OC(C)(C)C)CCN21. The summed E-state index contributed by atoms with van der Waals surface area (Å²) in [6.07, 6.45) is 3.05. The van der Waals surface area contributed by atoms with Crippen LogP contribution in [0.2, 0.25) is 0 Å². The monoisotopic (exact) mass is 455 g/mol. The van der Waals surface area contributed by atoms with Crippen LogP contribution in [0.4, 0.5) is 9.18 Å². The van der Waals surface area contributed by atoms with Crippen LogP contribution < -0.4 is 0 Å². The Balaban J connectivity index is 1.59. The van der Waals surface area contributed by atoms with Gasteiger partial charge in [-0.3, -0.25) is 9.69 Å². The maximum atomic E-state index is 13.4. The van der Waals surface area contributed by atoms with Crippen LogP contribution >= 0.6 is 0 Å². The molecule has 2 unspecified atom stereocenters. The van der Waals surface area contributed by atoms with Crippen molar-refractivity contribution in [2.75, 3.05) is 33.2 Å². The van der Waals surface area contributed by atoms with Crippen molar-refractivity contribution in [2.24, 2.45) is 0 Å². The van der Waals surface area contributed by atoms with Gasteiger partial charge in [0, 0.05) is 38.9 Å². The molecule has 8 nitrogen and oxygen atoms in total. The van der Waals surface area contributed by atoms with E-state index in [-0.39, 0.29) is 24.3 Å². The molecule has 33 heavy (non-hydrogen) atoms. The average Bonchev–Trinajstić information content (AvgIpc) is 3.24. The van der Waals surface area contributed by atoms with Crippen LogP contribution in [0, 0.1) is 5.82 Å². The molecule has 0 bridgehead atoms. The molecule has 0 spiro atoms. The minimum atomic E-state index is -0.600. The van der Waals surface area contributed by atoms with Gasteiger partial charge in [0.25, 0.3) is 0 Å². The third kappa shape index (κ3) is 4.64. The van der Waals surface area contributed by atoms with Gasteiger partial charge >= 0.3 is 6.09 Å². The van der Waals surface area contributed by atoms with Crippen molar-refractivity contribution in [3.8, 4) is 0 Å². The predicted molar refractivity (Wildman–Crippen MR) is 122 cm³/mol. The first-order valence-electron chi connectivity index (χ1n) is 11.0. The lowest BCUT2D eigenvalue weighted by molar-refractivity contribution is -0.147. The van der Waals surface area contributed by atoms with Gasteiger partial charge in [0.1, 0.15) is 17.5 Å². The maximum absolute atomic E-state index is 13.4. The zero-order valence-electron chi connectivity index (χ0n) is 19.5. The van der Waals surface area contributed by atoms with Gasteiger partial charge in [0.15, 0.2) is 0 Å². The number of imidazole rings is 1. The number of rotatable bonds is 3. The van der Waals surface area contributed by atoms with Gasteiger partial charge in [0.2, 0.25) is 5.91 Å². The summed E-state index contributed by atoms with van der Waals surface area (Å²) in [5.41, 5.74) is 1.74. The number of carbonyl (C=O) groups is 2. The molecule has 2 aromatic rings. The van der Waals surface area contributed by atoms with Crippen LogP contribution in [-0.4, -0.2) is 81.1 Å². The van der Waals surface area contributed by atoms with Crippen molar-refractivity contribution in [3.63, 3.8) is 0 Å². The molecule has 9 heteroatoms. The Kier molecular flexibility index (Phi) is 6.00. The van der Waals surface area contributed by atoms with E-state index in [2.05, 4.69) is 16.5 Å². The highest BCUT2D eigenvalue weighted by Crippen LogP contribution is 2.33. The molecule has 2 atom stereocenters. The number of piperazine rings is 2. The number of fused-ring (bicyclic) bond motifs is 1. The van der Waals surface area contributed by atoms with E-state index >= 15 is 0 Å². The summed E-state index contributed by atoms with van der Waals surface area (Å²) in [4.78, 5) is 35.4. The number of aromatic nitrogens is 2. The van der Waals surface area contributed by atoms with Crippen LogP contribution in [0.3, 0.4) is 0 Å². The second-order valence-electron chi connectivity index (χ2n) is 9.56. The number of carbonyl (C=O) groups excluding carboxylic acids is 2. The van der Waals surface area contributed by atoms with E-state index < -0.39 is 17.7 Å². The van der Waals surface area contributed by atoms with Gasteiger partial charge in [-0.2, -0.15) is 0 Å². The highest BCUT2D eigenvalue weighted by molar-refractivity contribution is 5.84. The molecule has 1 aromatic heterocycles. The summed E-state index contributed by atoms with van der Waals surface area (Å²) < 4.78 is 20.8. The maximum Gasteiger partial charge on any atom is 0.410 e. The van der Waals surface area contributed by atoms with Gasteiger partial charge < -0.3 is 19.1 Å². The molecule has 2 saturated heterocycles. The van der Waals surface area contributed by atoms with Crippen LogP contribution in [0.5, 0.6) is 0 Å². The van der Waals surface area contributed by atoms with Crippen molar-refractivity contribution in [1.82, 2.24) is 24.3 Å². The summed E-state index contributed by atoms with van der Waals surface area (Å²) in [7, 11) is 1.77. The summed E-state index contributed by atoms with van der Waals surface area (Å²) >= 11 is 0. The molecule has 0 radical (unpaired) electrons. The number of halogens is 1. The number of likely N-dealkylation sites (N-methyl/N-ethyl adjacent to an activating group) is 1. The number of nitrogens with zero attached hydrogens (tertiary/aromatic N) is 5. The molecule has 1 aromatic carbocycles. The zero-order chi connectivity index (χ0) is 23.9. The van der Waals surface area contributed by atoms with E-state index in [1.165, 1.54) is 12.1 Å². The van der Waals surface area contributed by atoms with E-state index in [9.17, 15) is 14.0 Å². The van der Waals surface area contributed by atoms with E-state index in [0.717, 1.165) is 11.3 Å². The highest BCUT2D eigenvalue weighted by atomic mass is 19.1. The van der Waals surface area contributed by atoms with Gasteiger partial charge in [-0.1, -0.05) is 6.58 Å². The van der Waals surface area contributed by atoms with Crippen molar-refractivity contribution in [3.05, 3.63) is 60.4 Å². The number of ether oxygens (including phenoxy) is 1. The molecule has 0 aliphatic carbocycles. The third-order valence-electron chi connectivity index (χ3n) is 6.06. The Morgan fingerprint density at radius 1 is 1.15 bits per heavy atom. The fraction of sp³-hybridized carbons (Fsp3) is 0.458. The van der Waals surface area contributed by atoms with Crippen molar-refractivity contribution in [1.29, 1.82) is 0 Å². The number of amides is 2. The Labute approximate surface area is 193 Å². The number of hydrogen-bond donors (Lipinski definition) is 0. The summed E-state index contributed by atoms with van der Waals surface area (Å²) in [6, 6.07) is 5.56. The molecular formula is C24H30FN5O3. The minimum Gasteiger partial charge on any atom is -0.444 e. The molecule has 2 fully saturated rings. The normalized spacial score (nSPS) is 21.7. The van der Waals surface area contributed by atoms with Gasteiger partial charge in [-0.15, -0.1) is 0 Å². The minimum absolute atomic E-state index is 0.0251. The summed E-state index contributed by atoms with van der Waals surface area (Å²) in [5, 5.41) is 0. The molecule has 176 valence electrons. The number of benzene rings is 1. The molecule has 2 aliphatic heterocycles. The van der Waals surface area contributed by atoms with E-state index in [4.69, 9.17) is 4.74 Å². The predicted octanol–water partition coefficient (Wildman–Crippen LogP) is 2.98. The largest absolute Gasteiger partial charge is 0.444 e. The highest BCUT2D eigenvalue weighted by Gasteiger charge is 2.45. The Morgan fingerprint density at radius 2 is 1.85 bits per heavy atom. The third-order valence-corrected chi connectivity index (χ3v) is 6.06. The summed E-state index contributed by atoms with van der Waals surface area (Å²) in [6.45, 7) is 11.4. The molecule has 0 N–H and O–H groups in total. The fourth-order valence-electron chi connectivity index (χ4n) is 4.41. The first-order valence-corrected chi connectivity index (χ1v) is 11.0. The Bertz CT molecular complexity index is 1060. The lowest BCUT2D eigenvalue weighted by Gasteiger charge is -2.49. The number of hydrogen-bond acceptors (Lipinski definition) is 5. The average molecular weight is 456 g/mol. The van der Waals surface area contributed by atoms with Crippen molar-refractivity contribution < 1.29 is 18.7 Å². The molecule has 2 aliphatic rings. The van der Waals surface area contributed by atoms with Gasteiger partial charge in [-0.05, 0) is 50.6 Å². The van der Waals surface area contributed by atoms with Crippen LogP contribution in [0.1, 0.15) is 38.1 Å². The molecule has 2 amide bonds. The zero-order valence-corrected chi connectivity index (χ0v) is 19.5. The first-order chi connectivity index (χ1) is 15.5. The van der Waals surface area contributed by atoms with Crippen LogP contribution in [-0.2, 0) is 9.53 Å². The lowest BCUT2D eigenvalue weighted by Crippen LogP contribution is -2.65. The van der Waals surface area contributed by atoms with E-state index in [0.29, 0.717) is 25.3 Å². The van der Waals surface area contributed by atoms with Crippen LogP contribution in [0.15, 0.2) is 43.4 Å². The topological polar surface area (TPSA) is 70.9 Å². The van der Waals surface area contributed by atoms with Crippen LogP contribution in [0.25, 0.3) is 5.70 Å². The Morgan fingerprint density at radius 3 is 2.52 bits per heavy atom.